The highest BCUT2D eigenvalue weighted by Crippen LogP contribution is 2.25. The van der Waals surface area contributed by atoms with E-state index in [1.807, 2.05) is 0 Å². The molecule has 1 aromatic heterocycles. The van der Waals surface area contributed by atoms with Crippen molar-refractivity contribution in [3.8, 4) is 11.4 Å². The second-order valence-electron chi connectivity index (χ2n) is 4.66. The van der Waals surface area contributed by atoms with E-state index >= 15 is 0 Å². The van der Waals surface area contributed by atoms with Gasteiger partial charge in [-0.15, -0.1) is 0 Å². The first kappa shape index (κ1) is 14.1. The van der Waals surface area contributed by atoms with Crippen LogP contribution in [0.4, 0.5) is 0 Å². The average molecular weight is 302 g/mol. The molecule has 0 bridgehead atoms. The summed E-state index contributed by atoms with van der Waals surface area (Å²) in [7, 11) is 2.85. The van der Waals surface area contributed by atoms with Crippen LogP contribution in [0, 0.1) is 0 Å². The third-order valence-corrected chi connectivity index (χ3v) is 3.46. The minimum Gasteiger partial charge on any atom is -0.497 e. The predicted molar refractivity (Wildman–Crippen MR) is 75.4 cm³/mol. The Bertz CT molecular complexity index is 733. The maximum atomic E-state index is 12.1. The van der Waals surface area contributed by atoms with Gasteiger partial charge in [0.15, 0.2) is 11.4 Å². The molecule has 114 valence electrons. The molecule has 0 spiro atoms. The third-order valence-electron chi connectivity index (χ3n) is 3.46. The molecule has 0 radical (unpaired) electrons. The van der Waals surface area contributed by atoms with Gasteiger partial charge in [0.05, 0.1) is 26.5 Å². The summed E-state index contributed by atoms with van der Waals surface area (Å²) in [6.07, 6.45) is 0.432. The number of nitrogens with zero attached hydrogens (tertiary/aromatic N) is 2. The van der Waals surface area contributed by atoms with E-state index in [9.17, 15) is 9.59 Å². The highest BCUT2D eigenvalue weighted by molar-refractivity contribution is 5.97. The van der Waals surface area contributed by atoms with Gasteiger partial charge in [-0.25, -0.2) is 14.3 Å². The standard InChI is InChI=1S/C15H14N2O5/c1-20-10-5-3-9(4-6-10)17-13-11(7-8-22-15(13)19)12(16-17)14(18)21-2/h3-6H,7-8H2,1-2H3. The van der Waals surface area contributed by atoms with Crippen LogP contribution >= 0.6 is 0 Å². The summed E-state index contributed by atoms with van der Waals surface area (Å²) in [6.45, 7) is 0.226. The van der Waals surface area contributed by atoms with Crippen molar-refractivity contribution in [1.29, 1.82) is 0 Å². The van der Waals surface area contributed by atoms with E-state index in [1.54, 1.807) is 31.4 Å². The van der Waals surface area contributed by atoms with Crippen LogP contribution in [-0.2, 0) is 15.9 Å². The van der Waals surface area contributed by atoms with Crippen molar-refractivity contribution in [3.05, 3.63) is 41.2 Å². The van der Waals surface area contributed by atoms with Crippen molar-refractivity contribution in [2.45, 2.75) is 6.42 Å². The SMILES string of the molecule is COC(=O)c1nn(-c2ccc(OC)cc2)c2c1CCOC2=O. The lowest BCUT2D eigenvalue weighted by molar-refractivity contribution is 0.0468. The Labute approximate surface area is 126 Å². The molecule has 0 fully saturated rings. The summed E-state index contributed by atoms with van der Waals surface area (Å²) in [5.74, 6) is -0.390. The maximum Gasteiger partial charge on any atom is 0.358 e. The van der Waals surface area contributed by atoms with Crippen LogP contribution in [0.1, 0.15) is 26.5 Å². The van der Waals surface area contributed by atoms with E-state index in [0.717, 1.165) is 0 Å². The van der Waals surface area contributed by atoms with Gasteiger partial charge in [-0.3, -0.25) is 0 Å². The lowest BCUT2D eigenvalue weighted by Crippen LogP contribution is -2.21. The van der Waals surface area contributed by atoms with Crippen molar-refractivity contribution >= 4 is 11.9 Å². The molecule has 1 aliphatic heterocycles. The van der Waals surface area contributed by atoms with Gasteiger partial charge in [-0.05, 0) is 24.3 Å². The Morgan fingerprint density at radius 2 is 2.00 bits per heavy atom. The summed E-state index contributed by atoms with van der Waals surface area (Å²) in [6, 6.07) is 6.98. The Balaban J connectivity index is 2.16. The van der Waals surface area contributed by atoms with Gasteiger partial charge in [0.2, 0.25) is 0 Å². The van der Waals surface area contributed by atoms with E-state index in [4.69, 9.17) is 14.2 Å². The molecular formula is C15H14N2O5. The summed E-state index contributed by atoms with van der Waals surface area (Å²) in [4.78, 5) is 23.9. The normalized spacial score (nSPS) is 13.3. The molecule has 0 saturated carbocycles. The number of hydrogen-bond donors (Lipinski definition) is 0. The Hall–Kier alpha value is -2.83. The maximum absolute atomic E-state index is 12.1. The second kappa shape index (κ2) is 5.51. The topological polar surface area (TPSA) is 79.7 Å². The number of benzene rings is 1. The Morgan fingerprint density at radius 3 is 2.64 bits per heavy atom. The zero-order valence-electron chi connectivity index (χ0n) is 12.2. The zero-order valence-corrected chi connectivity index (χ0v) is 12.2. The average Bonchev–Trinajstić information content (AvgIpc) is 2.95. The molecule has 0 unspecified atom stereocenters. The number of carbonyl (C=O) groups is 2. The van der Waals surface area contributed by atoms with E-state index in [-0.39, 0.29) is 18.0 Å². The minimum absolute atomic E-state index is 0.143. The van der Waals surface area contributed by atoms with Crippen molar-refractivity contribution in [1.82, 2.24) is 9.78 Å². The molecule has 2 heterocycles. The van der Waals surface area contributed by atoms with Gasteiger partial charge in [-0.1, -0.05) is 0 Å². The first-order chi connectivity index (χ1) is 10.7. The van der Waals surface area contributed by atoms with E-state index < -0.39 is 11.9 Å². The molecule has 1 aromatic carbocycles. The number of methoxy groups -OCH3 is 2. The summed E-state index contributed by atoms with van der Waals surface area (Å²) < 4.78 is 16.3. The van der Waals surface area contributed by atoms with Gasteiger partial charge in [0.25, 0.3) is 0 Å². The number of cyclic esters (lactones) is 1. The Kier molecular flexibility index (Phi) is 3.54. The van der Waals surface area contributed by atoms with Crippen molar-refractivity contribution < 1.29 is 23.8 Å². The monoisotopic (exact) mass is 302 g/mol. The molecule has 2 aromatic rings. The van der Waals surface area contributed by atoms with Crippen LogP contribution in [0.25, 0.3) is 5.69 Å². The van der Waals surface area contributed by atoms with Crippen LogP contribution in [0.3, 0.4) is 0 Å². The molecule has 7 nitrogen and oxygen atoms in total. The number of aromatic nitrogens is 2. The lowest BCUT2D eigenvalue weighted by atomic mass is 10.1. The fourth-order valence-corrected chi connectivity index (χ4v) is 2.38. The van der Waals surface area contributed by atoms with Crippen molar-refractivity contribution in [2.24, 2.45) is 0 Å². The first-order valence-corrected chi connectivity index (χ1v) is 6.67. The quantitative estimate of drug-likeness (QED) is 0.797. The molecule has 0 saturated heterocycles. The number of esters is 2. The summed E-state index contributed by atoms with van der Waals surface area (Å²) in [5, 5.41) is 4.24. The fourth-order valence-electron chi connectivity index (χ4n) is 2.38. The van der Waals surface area contributed by atoms with Crippen LogP contribution in [0.2, 0.25) is 0 Å². The van der Waals surface area contributed by atoms with E-state index in [2.05, 4.69) is 5.10 Å². The highest BCUT2D eigenvalue weighted by atomic mass is 16.5. The smallest absolute Gasteiger partial charge is 0.358 e. The highest BCUT2D eigenvalue weighted by Gasteiger charge is 2.32. The molecular weight excluding hydrogens is 288 g/mol. The van der Waals surface area contributed by atoms with Crippen LogP contribution in [0.5, 0.6) is 5.75 Å². The van der Waals surface area contributed by atoms with E-state index in [0.29, 0.717) is 23.4 Å². The van der Waals surface area contributed by atoms with Gasteiger partial charge in [-0.2, -0.15) is 5.10 Å². The number of fused-ring (bicyclic) bond motifs is 1. The van der Waals surface area contributed by atoms with Gasteiger partial charge >= 0.3 is 11.9 Å². The third kappa shape index (κ3) is 2.20. The molecule has 0 aliphatic carbocycles. The van der Waals surface area contributed by atoms with E-state index in [1.165, 1.54) is 11.8 Å². The fraction of sp³-hybridized carbons (Fsp3) is 0.267. The molecule has 0 atom stereocenters. The second-order valence-corrected chi connectivity index (χ2v) is 4.66. The van der Waals surface area contributed by atoms with Gasteiger partial charge in [0, 0.05) is 12.0 Å². The van der Waals surface area contributed by atoms with Crippen LogP contribution in [-0.4, -0.2) is 42.5 Å². The van der Waals surface area contributed by atoms with Crippen molar-refractivity contribution in [3.63, 3.8) is 0 Å². The number of ether oxygens (including phenoxy) is 3. The number of hydrogen-bond acceptors (Lipinski definition) is 6. The largest absolute Gasteiger partial charge is 0.497 e. The number of rotatable bonds is 3. The predicted octanol–water partition coefficient (Wildman–Crippen LogP) is 1.38. The Morgan fingerprint density at radius 1 is 1.27 bits per heavy atom. The molecule has 1 aliphatic rings. The van der Waals surface area contributed by atoms with Crippen LogP contribution < -0.4 is 4.74 Å². The first-order valence-electron chi connectivity index (χ1n) is 6.67. The molecule has 0 N–H and O–H groups in total. The molecule has 7 heteroatoms. The molecule has 22 heavy (non-hydrogen) atoms. The van der Waals surface area contributed by atoms with Gasteiger partial charge in [0.1, 0.15) is 5.75 Å². The number of carbonyl (C=O) groups excluding carboxylic acids is 2. The lowest BCUT2D eigenvalue weighted by Gasteiger charge is -2.14. The van der Waals surface area contributed by atoms with Gasteiger partial charge < -0.3 is 14.2 Å². The minimum atomic E-state index is -0.571. The van der Waals surface area contributed by atoms with Crippen LogP contribution in [0.15, 0.2) is 24.3 Å². The summed E-state index contributed by atoms with van der Waals surface area (Å²) in [5.41, 5.74) is 1.59. The summed E-state index contributed by atoms with van der Waals surface area (Å²) >= 11 is 0. The van der Waals surface area contributed by atoms with Crippen molar-refractivity contribution in [2.75, 3.05) is 20.8 Å². The molecule has 3 rings (SSSR count). The molecule has 0 amide bonds. The zero-order chi connectivity index (χ0) is 15.7.